The minimum Gasteiger partial charge on any atom is -0.484 e. The van der Waals surface area contributed by atoms with Crippen LogP contribution in [0.5, 0.6) is 0 Å². The molecule has 0 rings (SSSR count). The Morgan fingerprint density at radius 2 is 1.78 bits per heavy atom. The number of carbonyl (C=O) groups is 1. The summed E-state index contributed by atoms with van der Waals surface area (Å²) in [5, 5.41) is 0.245. The van der Waals surface area contributed by atoms with Gasteiger partial charge in [0, 0.05) is 6.61 Å². The third-order valence-corrected chi connectivity index (χ3v) is 8.57. The molecule has 0 aromatic heterocycles. The van der Waals surface area contributed by atoms with Crippen molar-refractivity contribution >= 4 is 14.3 Å². The molecule has 0 aliphatic carbocycles. The van der Waals surface area contributed by atoms with Gasteiger partial charge in [0.25, 0.3) is 0 Å². The molecular weight excluding hydrogens is 308 g/mol. The third-order valence-electron chi connectivity index (χ3n) is 4.04. The van der Waals surface area contributed by atoms with Crippen molar-refractivity contribution in [1.82, 2.24) is 0 Å². The third kappa shape index (κ3) is 9.16. The van der Waals surface area contributed by atoms with Crippen LogP contribution >= 0.6 is 0 Å². The van der Waals surface area contributed by atoms with Gasteiger partial charge in [-0.05, 0) is 64.2 Å². The molecule has 0 atom stereocenters. The predicted octanol–water partition coefficient (Wildman–Crippen LogP) is 5.05. The number of unbranched alkanes of at least 4 members (excludes halogenated alkanes) is 2. The fourth-order valence-corrected chi connectivity index (χ4v) is 2.75. The first-order valence-electron chi connectivity index (χ1n) is 8.69. The number of hydrogen-bond donors (Lipinski definition) is 0. The fraction of sp³-hybridized carbons (Fsp3) is 0.833. The number of allylic oxidation sites excluding steroid dienone is 1. The normalized spacial score (nSPS) is 13.3. The van der Waals surface area contributed by atoms with Gasteiger partial charge in [0.15, 0.2) is 8.32 Å². The van der Waals surface area contributed by atoms with Crippen molar-refractivity contribution < 1.29 is 18.7 Å². The Morgan fingerprint density at radius 3 is 2.26 bits per heavy atom. The quantitative estimate of drug-likeness (QED) is 0.183. The molecule has 0 aromatic carbocycles. The van der Waals surface area contributed by atoms with E-state index in [4.69, 9.17) is 13.9 Å². The second kappa shape index (κ2) is 10.1. The fourth-order valence-electron chi connectivity index (χ4n) is 1.66. The lowest BCUT2D eigenvalue weighted by molar-refractivity contribution is -0.143. The van der Waals surface area contributed by atoms with Crippen LogP contribution < -0.4 is 0 Å². The molecular formula is C18H36O4Si. The van der Waals surface area contributed by atoms with E-state index in [1.807, 2.05) is 19.9 Å². The second-order valence-electron chi connectivity index (χ2n) is 7.56. The van der Waals surface area contributed by atoms with Crippen molar-refractivity contribution in [2.45, 2.75) is 85.0 Å². The molecule has 0 aliphatic heterocycles. The lowest BCUT2D eigenvalue weighted by atomic mass is 10.2. The Kier molecular flexibility index (Phi) is 9.78. The molecule has 0 aliphatic rings. The van der Waals surface area contributed by atoms with Crippen LogP contribution in [0.2, 0.25) is 18.1 Å². The van der Waals surface area contributed by atoms with E-state index in [1.165, 1.54) is 0 Å². The van der Waals surface area contributed by atoms with Crippen molar-refractivity contribution in [3.8, 4) is 0 Å². The van der Waals surface area contributed by atoms with Crippen molar-refractivity contribution in [1.29, 1.82) is 0 Å². The molecule has 0 radical (unpaired) electrons. The molecule has 0 saturated heterocycles. The van der Waals surface area contributed by atoms with Crippen LogP contribution in [0.4, 0.5) is 0 Å². The largest absolute Gasteiger partial charge is 0.484 e. The van der Waals surface area contributed by atoms with Gasteiger partial charge >= 0.3 is 5.97 Å². The summed E-state index contributed by atoms with van der Waals surface area (Å²) in [7, 11) is -1.65. The van der Waals surface area contributed by atoms with E-state index in [9.17, 15) is 4.79 Å². The van der Waals surface area contributed by atoms with E-state index >= 15 is 0 Å². The smallest absolute Gasteiger partial charge is 0.373 e. The zero-order valence-electron chi connectivity index (χ0n) is 16.3. The molecule has 5 heteroatoms. The average Bonchev–Trinajstić information content (AvgIpc) is 2.39. The molecule has 23 heavy (non-hydrogen) atoms. The summed E-state index contributed by atoms with van der Waals surface area (Å²) in [6, 6.07) is 0. The first kappa shape index (κ1) is 22.2. The lowest BCUT2D eigenvalue weighted by Gasteiger charge is -2.36. The number of hydrogen-bond acceptors (Lipinski definition) is 4. The Bertz CT molecular complexity index is 381. The summed E-state index contributed by atoms with van der Waals surface area (Å²) in [5.41, 5.74) is 0. The van der Waals surface area contributed by atoms with Gasteiger partial charge in [-0.1, -0.05) is 20.8 Å². The van der Waals surface area contributed by atoms with Gasteiger partial charge in [0.2, 0.25) is 5.76 Å². The van der Waals surface area contributed by atoms with E-state index < -0.39 is 8.32 Å². The van der Waals surface area contributed by atoms with Crippen LogP contribution in [0.1, 0.15) is 60.8 Å². The molecule has 0 bridgehead atoms. The molecule has 0 N–H and O–H groups in total. The number of ether oxygens (including phenoxy) is 2. The zero-order chi connectivity index (χ0) is 18.1. The van der Waals surface area contributed by atoms with Crippen molar-refractivity contribution in [2.75, 3.05) is 13.2 Å². The molecule has 0 spiro atoms. The number of esters is 1. The molecule has 0 fully saturated rings. The first-order valence-corrected chi connectivity index (χ1v) is 11.6. The van der Waals surface area contributed by atoms with Gasteiger partial charge in [0.1, 0.15) is 0 Å². The van der Waals surface area contributed by atoms with Gasteiger partial charge in [-0.2, -0.15) is 0 Å². The molecule has 0 saturated carbocycles. The highest BCUT2D eigenvalue weighted by Gasteiger charge is 2.36. The maximum absolute atomic E-state index is 11.8. The minimum atomic E-state index is -1.65. The zero-order valence-corrected chi connectivity index (χ0v) is 17.3. The van der Waals surface area contributed by atoms with E-state index in [0.717, 1.165) is 25.9 Å². The van der Waals surface area contributed by atoms with E-state index in [-0.39, 0.29) is 17.1 Å². The lowest BCUT2D eigenvalue weighted by Crippen LogP contribution is -2.40. The first-order chi connectivity index (χ1) is 10.5. The predicted molar refractivity (Wildman–Crippen MR) is 97.9 cm³/mol. The minimum absolute atomic E-state index is 0.0347. The van der Waals surface area contributed by atoms with Gasteiger partial charge in [0.05, 0.1) is 12.7 Å². The van der Waals surface area contributed by atoms with E-state index in [1.54, 1.807) is 6.92 Å². The summed E-state index contributed by atoms with van der Waals surface area (Å²) in [6.45, 7) is 18.0. The van der Waals surface area contributed by atoms with Crippen LogP contribution in [-0.4, -0.2) is 33.6 Å². The highest BCUT2D eigenvalue weighted by molar-refractivity contribution is 6.74. The summed E-state index contributed by atoms with van der Waals surface area (Å²) in [5.74, 6) is -0.0501. The maximum atomic E-state index is 11.8. The SMILES string of the molecule is CCOC(=O)/C(=C\CCCCO[Si](C)(C)C(C)(C)C)OC(C)C. The molecule has 0 aromatic rings. The summed E-state index contributed by atoms with van der Waals surface area (Å²) in [4.78, 5) is 11.8. The molecule has 0 heterocycles. The van der Waals surface area contributed by atoms with Gasteiger partial charge in [-0.3, -0.25) is 0 Å². The monoisotopic (exact) mass is 344 g/mol. The van der Waals surface area contributed by atoms with E-state index in [0.29, 0.717) is 12.4 Å². The Labute approximate surface area is 143 Å². The standard InChI is InChI=1S/C18H36O4Si/c1-9-20-17(19)16(22-15(2)3)13-11-10-12-14-21-23(7,8)18(4,5)6/h13,15H,9-12,14H2,1-8H3/b16-13+. The van der Waals surface area contributed by atoms with Crippen LogP contribution in [0.15, 0.2) is 11.8 Å². The number of carbonyl (C=O) groups excluding carboxylic acids is 1. The summed E-state index contributed by atoms with van der Waals surface area (Å²) >= 11 is 0. The summed E-state index contributed by atoms with van der Waals surface area (Å²) in [6.07, 6.45) is 4.55. The van der Waals surface area contributed by atoms with E-state index in [2.05, 4.69) is 33.9 Å². The Balaban J connectivity index is 4.25. The van der Waals surface area contributed by atoms with Gasteiger partial charge in [-0.15, -0.1) is 0 Å². The Hall–Kier alpha value is -0.813. The van der Waals surface area contributed by atoms with Crippen LogP contribution in [0, 0.1) is 0 Å². The molecule has 0 unspecified atom stereocenters. The maximum Gasteiger partial charge on any atom is 0.373 e. The molecule has 0 amide bonds. The molecule has 136 valence electrons. The van der Waals surface area contributed by atoms with Crippen molar-refractivity contribution in [3.05, 3.63) is 11.8 Å². The van der Waals surface area contributed by atoms with Crippen LogP contribution in [0.25, 0.3) is 0 Å². The van der Waals surface area contributed by atoms with Crippen molar-refractivity contribution in [3.63, 3.8) is 0 Å². The molecule has 4 nitrogen and oxygen atoms in total. The highest BCUT2D eigenvalue weighted by atomic mass is 28.4. The van der Waals surface area contributed by atoms with Gasteiger partial charge in [-0.25, -0.2) is 4.79 Å². The second-order valence-corrected chi connectivity index (χ2v) is 12.4. The highest BCUT2D eigenvalue weighted by Crippen LogP contribution is 2.36. The number of rotatable bonds is 10. The topological polar surface area (TPSA) is 44.8 Å². The van der Waals surface area contributed by atoms with Gasteiger partial charge < -0.3 is 13.9 Å². The Morgan fingerprint density at radius 1 is 1.17 bits per heavy atom. The van der Waals surface area contributed by atoms with Crippen LogP contribution in [-0.2, 0) is 18.7 Å². The average molecular weight is 345 g/mol. The summed E-state index contributed by atoms with van der Waals surface area (Å²) < 4.78 is 16.7. The van der Waals surface area contributed by atoms with Crippen molar-refractivity contribution in [2.24, 2.45) is 0 Å². The van der Waals surface area contributed by atoms with Crippen LogP contribution in [0.3, 0.4) is 0 Å².